The number of azide groups is 1. The Morgan fingerprint density at radius 2 is 1.27 bits per heavy atom. The van der Waals surface area contributed by atoms with Crippen LogP contribution in [-0.4, -0.2) is 61.7 Å². The van der Waals surface area contributed by atoms with Crippen molar-refractivity contribution in [2.45, 2.75) is 130 Å². The van der Waals surface area contributed by atoms with Gasteiger partial charge in [0.25, 0.3) is 0 Å². The summed E-state index contributed by atoms with van der Waals surface area (Å²) in [6.45, 7) is 16.7. The van der Waals surface area contributed by atoms with E-state index < -0.39 is 0 Å². The molecule has 10 nitrogen and oxygen atoms in total. The quantitative estimate of drug-likeness (QED) is 0.121. The summed E-state index contributed by atoms with van der Waals surface area (Å²) in [5.41, 5.74) is 16.0. The van der Waals surface area contributed by atoms with E-state index in [1.54, 1.807) is 6.92 Å². The van der Waals surface area contributed by atoms with Gasteiger partial charge in [-0.1, -0.05) is 46.7 Å². The molecule has 0 heterocycles. The smallest absolute Gasteiger partial charge is 0.333 e. The molecule has 0 saturated heterocycles. The van der Waals surface area contributed by atoms with Gasteiger partial charge in [-0.05, 0) is 76.0 Å². The molecule has 0 spiro atoms. The van der Waals surface area contributed by atoms with E-state index >= 15 is 0 Å². The van der Waals surface area contributed by atoms with Gasteiger partial charge in [0.05, 0.1) is 37.6 Å². The first-order chi connectivity index (χ1) is 19.1. The van der Waals surface area contributed by atoms with Gasteiger partial charge in [-0.2, -0.15) is 0 Å². The highest BCUT2D eigenvalue weighted by molar-refractivity contribution is 5.89. The zero-order valence-electron chi connectivity index (χ0n) is 25.8. The van der Waals surface area contributed by atoms with Crippen LogP contribution in [0.4, 0.5) is 0 Å². The predicted molar refractivity (Wildman–Crippen MR) is 156 cm³/mol. The van der Waals surface area contributed by atoms with Gasteiger partial charge < -0.3 is 24.7 Å². The first-order valence-electron chi connectivity index (χ1n) is 15.0. The monoisotopic (exact) mass is 564 g/mol. The van der Waals surface area contributed by atoms with E-state index in [-0.39, 0.29) is 60.3 Å². The van der Waals surface area contributed by atoms with Gasteiger partial charge >= 0.3 is 11.9 Å². The lowest BCUT2D eigenvalue weighted by Gasteiger charge is -2.34. The highest BCUT2D eigenvalue weighted by Gasteiger charge is 2.34. The Morgan fingerprint density at radius 3 is 1.68 bits per heavy atom. The number of carbonyl (C=O) groups excluding carboxylic acids is 2. The number of nitrogens with zero attached hydrogens (tertiary/aromatic N) is 3. The van der Waals surface area contributed by atoms with Crippen molar-refractivity contribution in [1.29, 1.82) is 0 Å². The van der Waals surface area contributed by atoms with E-state index in [0.717, 1.165) is 25.7 Å². The molecule has 0 saturated carbocycles. The Hall–Kier alpha value is -2.39. The van der Waals surface area contributed by atoms with Crippen LogP contribution < -0.4 is 5.73 Å². The Kier molecular flexibility index (Phi) is 16.8. The molecule has 0 radical (unpaired) electrons. The summed E-state index contributed by atoms with van der Waals surface area (Å²) < 4.78 is 22.2. The van der Waals surface area contributed by atoms with Crippen LogP contribution >= 0.6 is 0 Å². The molecular formula is C30H52N4O6. The first kappa shape index (κ1) is 35.6. The maximum Gasteiger partial charge on any atom is 0.333 e. The maximum absolute atomic E-state index is 11.9. The number of hydrogen-bond acceptors (Lipinski definition) is 8. The maximum atomic E-state index is 11.9. The van der Waals surface area contributed by atoms with Crippen LogP contribution in [0.3, 0.4) is 0 Å². The van der Waals surface area contributed by atoms with Gasteiger partial charge in [-0.15, -0.1) is 0 Å². The van der Waals surface area contributed by atoms with Crippen molar-refractivity contribution < 1.29 is 28.5 Å². The van der Waals surface area contributed by atoms with Crippen LogP contribution in [-0.2, 0) is 28.5 Å². The molecule has 0 bridgehead atoms. The second-order valence-corrected chi connectivity index (χ2v) is 10.5. The molecule has 2 aliphatic carbocycles. The van der Waals surface area contributed by atoms with Crippen LogP contribution in [0.2, 0.25) is 0 Å². The van der Waals surface area contributed by atoms with Gasteiger partial charge in [0.1, 0.15) is 0 Å². The first-order valence-corrected chi connectivity index (χ1v) is 15.0. The number of rotatable bonds is 13. The van der Waals surface area contributed by atoms with Gasteiger partial charge in [0.15, 0.2) is 0 Å². The molecular weight excluding hydrogens is 512 g/mol. The molecule has 2 aliphatic rings. The van der Waals surface area contributed by atoms with Crippen molar-refractivity contribution in [3.8, 4) is 0 Å². The Morgan fingerprint density at radius 1 is 0.850 bits per heavy atom. The number of carbonyl (C=O) groups is 2. The van der Waals surface area contributed by atoms with Crippen LogP contribution in [0.25, 0.3) is 10.4 Å². The predicted octanol–water partition coefficient (Wildman–Crippen LogP) is 6.19. The Balaban J connectivity index is 0.000000402. The molecule has 10 heteroatoms. The van der Waals surface area contributed by atoms with Crippen molar-refractivity contribution in [3.05, 3.63) is 33.7 Å². The zero-order valence-corrected chi connectivity index (χ0v) is 25.8. The fraction of sp³-hybridized carbons (Fsp3) is 0.800. The SMILES string of the molecule is CCOC(=O)C1=C[C@@H](OC(CC)CC)[C@H](C)[C@@H](N)C1.CCOC(=O)C1=C[C@@H](OC(CC)CC)[C@H](C)[C@@H](N=[N+]=[N-])C1. The minimum absolute atomic E-state index is 0.0414. The number of ether oxygens (including phenoxy) is 4. The standard InChI is InChI=1S/C15H25N3O3.C15H27NO3/c1-5-12(6-2)21-14-9-11(15(19)20-7-3)8-13(10(14)4)17-18-16;1-5-12(6-2)19-14-9-11(15(17)18-7-3)8-13(16)10(14)4/h9-10,12-14H,5-8H2,1-4H3;9-10,12-14H,5-8,16H2,1-4H3/t2*10-,13+,14-/m11/s1. The summed E-state index contributed by atoms with van der Waals surface area (Å²) in [5, 5.41) is 3.82. The molecule has 0 amide bonds. The van der Waals surface area contributed by atoms with Gasteiger partial charge in [-0.3, -0.25) is 0 Å². The third-order valence-electron chi connectivity index (χ3n) is 7.73. The molecule has 0 unspecified atom stereocenters. The van der Waals surface area contributed by atoms with E-state index in [9.17, 15) is 9.59 Å². The van der Waals surface area contributed by atoms with Gasteiger partial charge in [-0.25, -0.2) is 9.59 Å². The normalized spacial score (nSPS) is 26.2. The highest BCUT2D eigenvalue weighted by Crippen LogP contribution is 2.31. The van der Waals surface area contributed by atoms with Crippen LogP contribution in [0.5, 0.6) is 0 Å². The third kappa shape index (κ3) is 10.9. The average molecular weight is 565 g/mol. The molecule has 0 aromatic rings. The van der Waals surface area contributed by atoms with E-state index in [4.69, 9.17) is 30.2 Å². The molecule has 6 atom stereocenters. The number of hydrogen-bond donors (Lipinski definition) is 1. The Bertz CT molecular complexity index is 893. The van der Waals surface area contributed by atoms with Crippen LogP contribution in [0.1, 0.15) is 93.9 Å². The lowest BCUT2D eigenvalue weighted by Crippen LogP contribution is -2.42. The summed E-state index contributed by atoms with van der Waals surface area (Å²) in [6.07, 6.45) is 8.54. The average Bonchev–Trinajstić information content (AvgIpc) is 2.94. The van der Waals surface area contributed by atoms with Crippen molar-refractivity contribution >= 4 is 11.9 Å². The lowest BCUT2D eigenvalue weighted by molar-refractivity contribution is -0.140. The van der Waals surface area contributed by atoms with Crippen molar-refractivity contribution in [2.75, 3.05) is 13.2 Å². The summed E-state index contributed by atoms with van der Waals surface area (Å²) in [5.74, 6) is -0.345. The molecule has 0 aromatic carbocycles. The minimum Gasteiger partial charge on any atom is -0.463 e. The van der Waals surface area contributed by atoms with Crippen LogP contribution in [0, 0.1) is 11.8 Å². The molecule has 228 valence electrons. The fourth-order valence-corrected chi connectivity index (χ4v) is 4.85. The summed E-state index contributed by atoms with van der Waals surface area (Å²) in [6, 6.07) is -0.331. The van der Waals surface area contributed by atoms with Crippen LogP contribution in [0.15, 0.2) is 28.4 Å². The van der Waals surface area contributed by atoms with Crippen molar-refractivity contribution in [2.24, 2.45) is 22.7 Å². The molecule has 0 aromatic heterocycles. The second kappa shape index (κ2) is 18.9. The van der Waals surface area contributed by atoms with E-state index in [2.05, 4.69) is 44.6 Å². The lowest BCUT2D eigenvalue weighted by atomic mass is 9.84. The zero-order chi connectivity index (χ0) is 30.2. The molecule has 40 heavy (non-hydrogen) atoms. The fourth-order valence-electron chi connectivity index (χ4n) is 4.85. The third-order valence-corrected chi connectivity index (χ3v) is 7.73. The van der Waals surface area contributed by atoms with Gasteiger partial charge in [0, 0.05) is 34.1 Å². The molecule has 0 fully saturated rings. The minimum atomic E-state index is -0.347. The van der Waals surface area contributed by atoms with Gasteiger partial charge in [0.2, 0.25) is 0 Å². The number of esters is 2. The van der Waals surface area contributed by atoms with Crippen molar-refractivity contribution in [1.82, 2.24) is 0 Å². The van der Waals surface area contributed by atoms with E-state index in [1.807, 2.05) is 26.0 Å². The second-order valence-electron chi connectivity index (χ2n) is 10.5. The summed E-state index contributed by atoms with van der Waals surface area (Å²) >= 11 is 0. The topological polar surface area (TPSA) is 146 Å². The van der Waals surface area contributed by atoms with E-state index in [0.29, 0.717) is 37.2 Å². The molecule has 2 N–H and O–H groups in total. The Labute approximate surface area is 240 Å². The van der Waals surface area contributed by atoms with Crippen molar-refractivity contribution in [3.63, 3.8) is 0 Å². The largest absolute Gasteiger partial charge is 0.463 e. The summed E-state index contributed by atoms with van der Waals surface area (Å²) in [4.78, 5) is 26.7. The summed E-state index contributed by atoms with van der Waals surface area (Å²) in [7, 11) is 0. The van der Waals surface area contributed by atoms with E-state index in [1.165, 1.54) is 0 Å². The molecule has 2 rings (SSSR count). The highest BCUT2D eigenvalue weighted by atomic mass is 16.5. The number of nitrogens with two attached hydrogens (primary N) is 1. The molecule has 0 aliphatic heterocycles.